The summed E-state index contributed by atoms with van der Waals surface area (Å²) in [5.74, 6) is 2.93. The first kappa shape index (κ1) is 20.8. The van der Waals surface area contributed by atoms with Gasteiger partial charge in [-0.1, -0.05) is 6.07 Å². The minimum absolute atomic E-state index is 0. The van der Waals surface area contributed by atoms with E-state index in [2.05, 4.69) is 36.0 Å². The van der Waals surface area contributed by atoms with Crippen molar-refractivity contribution >= 4 is 32.4 Å². The van der Waals surface area contributed by atoms with Gasteiger partial charge in [0.25, 0.3) is 0 Å². The van der Waals surface area contributed by atoms with Crippen molar-refractivity contribution in [3.63, 3.8) is 0 Å². The third kappa shape index (κ3) is 3.36. The van der Waals surface area contributed by atoms with Gasteiger partial charge < -0.3 is 18.9 Å². The van der Waals surface area contributed by atoms with Crippen molar-refractivity contribution in [1.82, 2.24) is 0 Å². The molecule has 1 aromatic heterocycles. The Labute approximate surface area is 176 Å². The molecule has 0 aliphatic rings. The van der Waals surface area contributed by atoms with E-state index in [1.807, 2.05) is 25.1 Å². The molecule has 0 atom stereocenters. The maximum atomic E-state index is 5.80. The van der Waals surface area contributed by atoms with Gasteiger partial charge in [0.05, 0.1) is 56.5 Å². The van der Waals surface area contributed by atoms with Crippen LogP contribution in [-0.2, 0) is 7.05 Å². The van der Waals surface area contributed by atoms with E-state index >= 15 is 0 Å². The summed E-state index contributed by atoms with van der Waals surface area (Å²) in [5.41, 5.74) is 1.12. The maximum absolute atomic E-state index is 5.80. The van der Waals surface area contributed by atoms with E-state index in [9.17, 15) is 0 Å². The third-order valence-electron chi connectivity index (χ3n) is 5.11. The molecule has 0 aliphatic heterocycles. The van der Waals surface area contributed by atoms with Crippen molar-refractivity contribution < 1.29 is 35.9 Å². The van der Waals surface area contributed by atoms with Gasteiger partial charge >= 0.3 is 0 Å². The van der Waals surface area contributed by atoms with Gasteiger partial charge in [0.1, 0.15) is 7.05 Å². The second-order valence-corrected chi connectivity index (χ2v) is 6.65. The van der Waals surface area contributed by atoms with Crippen LogP contribution in [0.2, 0.25) is 0 Å². The number of rotatable bonds is 5. The van der Waals surface area contributed by atoms with Crippen LogP contribution in [0, 0.1) is 12.4 Å². The molecule has 3 aromatic carbocycles. The normalized spacial score (nSPS) is 10.8. The minimum atomic E-state index is 0. The van der Waals surface area contributed by atoms with E-state index in [0.717, 1.165) is 49.7 Å². The molecule has 0 radical (unpaired) electrons. The van der Waals surface area contributed by atoms with Gasteiger partial charge in [0, 0.05) is 5.39 Å². The number of hydrogen-bond acceptors (Lipinski definition) is 4. The first-order valence-corrected chi connectivity index (χ1v) is 9.22. The van der Waals surface area contributed by atoms with Crippen molar-refractivity contribution in [2.75, 3.05) is 27.9 Å². The summed E-state index contributed by atoms with van der Waals surface area (Å²) in [7, 11) is 7.03. The number of hydrogen-bond donors (Lipinski definition) is 0. The largest absolute Gasteiger partial charge is 0.493 e. The Balaban J connectivity index is 0.00000240. The summed E-state index contributed by atoms with van der Waals surface area (Å²) in [6.07, 6.45) is 2.12. The summed E-state index contributed by atoms with van der Waals surface area (Å²) >= 11 is 0. The van der Waals surface area contributed by atoms with Gasteiger partial charge in [0.2, 0.25) is 5.52 Å². The standard InChI is InChI=1S/C23H24NO4.ClH2/c1-6-28-22-11-17-15(10-20(22)26-4)13-24(2)23-16(17)8-7-14-9-19(25-3)21(27-5)12-18(14)23;/h7-13H,6H2,1-5H3;1H2/q2*+1. The van der Waals surface area contributed by atoms with Crippen molar-refractivity contribution in [1.29, 1.82) is 0 Å². The highest BCUT2D eigenvalue weighted by Gasteiger charge is 2.19. The molecule has 0 aliphatic carbocycles. The van der Waals surface area contributed by atoms with Crippen molar-refractivity contribution in [2.45, 2.75) is 6.92 Å². The molecule has 0 fully saturated rings. The van der Waals surface area contributed by atoms with Gasteiger partial charge in [-0.3, -0.25) is 0 Å². The van der Waals surface area contributed by atoms with E-state index in [-0.39, 0.29) is 12.4 Å². The first-order valence-electron chi connectivity index (χ1n) is 9.22. The van der Waals surface area contributed by atoms with Gasteiger partial charge in [-0.2, -0.15) is 4.57 Å². The molecule has 0 saturated heterocycles. The Hall–Kier alpha value is -2.92. The lowest BCUT2D eigenvalue weighted by molar-refractivity contribution is -0.642. The van der Waals surface area contributed by atoms with Crippen LogP contribution in [0.4, 0.5) is 0 Å². The zero-order valence-electron chi connectivity index (χ0n) is 17.3. The van der Waals surface area contributed by atoms with Crippen LogP contribution in [0.3, 0.4) is 0 Å². The summed E-state index contributed by atoms with van der Waals surface area (Å²) in [6, 6.07) is 12.4. The molecule has 0 amide bonds. The van der Waals surface area contributed by atoms with Crippen LogP contribution in [0.1, 0.15) is 6.92 Å². The van der Waals surface area contributed by atoms with Gasteiger partial charge in [-0.25, -0.2) is 0 Å². The average molecular weight is 416 g/mol. The van der Waals surface area contributed by atoms with Gasteiger partial charge in [0.15, 0.2) is 29.2 Å². The lowest BCUT2D eigenvalue weighted by atomic mass is 10.00. The second kappa shape index (κ2) is 8.21. The quantitative estimate of drug-likeness (QED) is 0.366. The average Bonchev–Trinajstić information content (AvgIpc) is 2.72. The highest BCUT2D eigenvalue weighted by atomic mass is 35.5. The Kier molecular flexibility index (Phi) is 5.89. The summed E-state index contributed by atoms with van der Waals surface area (Å²) < 4.78 is 24.5. The minimum Gasteiger partial charge on any atom is -0.493 e. The molecule has 1 heterocycles. The predicted octanol–water partition coefficient (Wildman–Crippen LogP) is 3.86. The maximum Gasteiger partial charge on any atom is 0.220 e. The number of aryl methyl sites for hydroxylation is 1. The molecule has 6 heteroatoms. The SMILES string of the molecule is CCOc1cc2c(cc1OC)c[n+](C)c1c3cc(OC)c(OC)cc3ccc21.[ClH2+]. The smallest absolute Gasteiger partial charge is 0.220 e. The zero-order chi connectivity index (χ0) is 19.8. The highest BCUT2D eigenvalue weighted by Crippen LogP contribution is 2.39. The number of fused-ring (bicyclic) bond motifs is 5. The molecular weight excluding hydrogens is 390 g/mol. The predicted molar refractivity (Wildman–Crippen MR) is 114 cm³/mol. The van der Waals surface area contributed by atoms with Crippen molar-refractivity contribution in [3.05, 3.63) is 42.6 Å². The number of aromatic nitrogens is 1. The second-order valence-electron chi connectivity index (χ2n) is 6.65. The lowest BCUT2D eigenvalue weighted by Crippen LogP contribution is -2.28. The van der Waals surface area contributed by atoms with E-state index in [1.165, 1.54) is 0 Å². The molecule has 152 valence electrons. The third-order valence-corrected chi connectivity index (χ3v) is 5.11. The molecule has 0 N–H and O–H groups in total. The van der Waals surface area contributed by atoms with Gasteiger partial charge in [-0.05, 0) is 42.6 Å². The Morgan fingerprint density at radius 1 is 0.724 bits per heavy atom. The fourth-order valence-electron chi connectivity index (χ4n) is 3.85. The van der Waals surface area contributed by atoms with Crippen LogP contribution in [0.5, 0.6) is 23.0 Å². The number of methoxy groups -OCH3 is 3. The number of ether oxygens (including phenoxy) is 4. The number of halogens is 1. The van der Waals surface area contributed by atoms with Crippen LogP contribution in [0.25, 0.3) is 32.4 Å². The molecule has 0 spiro atoms. The molecule has 4 rings (SSSR count). The van der Waals surface area contributed by atoms with Crippen LogP contribution in [0.15, 0.2) is 42.6 Å². The summed E-state index contributed by atoms with van der Waals surface area (Å²) in [6.45, 7) is 2.56. The molecular formula is C23H26ClNO4+2. The fraction of sp³-hybridized carbons (Fsp3) is 0.261. The van der Waals surface area contributed by atoms with Gasteiger partial charge in [-0.15, -0.1) is 0 Å². The summed E-state index contributed by atoms with van der Waals surface area (Å²) in [5, 5.41) is 5.56. The van der Waals surface area contributed by atoms with E-state index in [1.54, 1.807) is 21.3 Å². The number of pyridine rings is 1. The first-order chi connectivity index (χ1) is 13.6. The Morgan fingerprint density at radius 3 is 1.97 bits per heavy atom. The molecule has 0 unspecified atom stereocenters. The molecule has 0 saturated carbocycles. The van der Waals surface area contributed by atoms with Crippen molar-refractivity contribution in [3.8, 4) is 23.0 Å². The summed E-state index contributed by atoms with van der Waals surface area (Å²) in [4.78, 5) is 0. The number of nitrogens with zero attached hydrogens (tertiary/aromatic N) is 1. The highest BCUT2D eigenvalue weighted by molar-refractivity contribution is 6.14. The molecule has 29 heavy (non-hydrogen) atoms. The van der Waals surface area contributed by atoms with E-state index in [4.69, 9.17) is 18.9 Å². The monoisotopic (exact) mass is 415 g/mol. The van der Waals surface area contributed by atoms with Crippen LogP contribution >= 0.6 is 0 Å². The number of benzene rings is 3. The Morgan fingerprint density at radius 2 is 1.31 bits per heavy atom. The molecule has 4 aromatic rings. The molecule has 0 bridgehead atoms. The topological polar surface area (TPSA) is 40.8 Å². The lowest BCUT2D eigenvalue weighted by Gasteiger charge is -2.13. The van der Waals surface area contributed by atoms with Crippen molar-refractivity contribution in [2.24, 2.45) is 7.05 Å². The van der Waals surface area contributed by atoms with E-state index in [0.29, 0.717) is 12.4 Å². The van der Waals surface area contributed by atoms with Crippen LogP contribution < -0.4 is 23.5 Å². The molecule has 5 nitrogen and oxygen atoms in total. The fourth-order valence-corrected chi connectivity index (χ4v) is 3.85. The zero-order valence-corrected chi connectivity index (χ0v) is 18.2. The van der Waals surface area contributed by atoms with Crippen LogP contribution in [-0.4, -0.2) is 27.9 Å². The van der Waals surface area contributed by atoms with E-state index < -0.39 is 0 Å². The Bertz CT molecular complexity index is 1210.